The molecule has 0 bridgehead atoms. The average molecular weight is 825 g/mol. The third kappa shape index (κ3) is 6.33. The van der Waals surface area contributed by atoms with Crippen LogP contribution < -0.4 is 0 Å². The van der Waals surface area contributed by atoms with Crippen molar-refractivity contribution in [2.24, 2.45) is 50.2 Å². The molecule has 9 N–H and O–H groups in total. The topological polar surface area (TPSA) is 270 Å². The van der Waals surface area contributed by atoms with E-state index >= 15 is 0 Å². The molecule has 0 aromatic rings. The van der Waals surface area contributed by atoms with Gasteiger partial charge in [0.2, 0.25) is 0 Å². The molecule has 2 heterocycles. The molecule has 0 aromatic heterocycles. The highest BCUT2D eigenvalue weighted by Gasteiger charge is 2.70. The second-order valence-electron chi connectivity index (χ2n) is 20.8. The van der Waals surface area contributed by atoms with E-state index in [0.717, 1.165) is 32.1 Å². The number of hydrogen-bond donors (Lipinski definition) is 9. The average Bonchev–Trinajstić information content (AvgIpc) is 3.13. The summed E-state index contributed by atoms with van der Waals surface area (Å²) in [5.74, 6) is -4.18. The lowest BCUT2D eigenvalue weighted by Crippen LogP contribution is -2.68. The van der Waals surface area contributed by atoms with Gasteiger partial charge in [0.05, 0.1) is 17.6 Å². The fraction of sp³-hybridized carbons (Fsp3) is 0.881. The third-order valence-electron chi connectivity index (χ3n) is 17.4. The molecule has 16 nitrogen and oxygen atoms in total. The Labute approximate surface area is 338 Å². The molecule has 5 aliphatic carbocycles. The Bertz CT molecular complexity index is 1680. The number of carbonyl (C=O) groups is 3. The van der Waals surface area contributed by atoms with Crippen LogP contribution in [-0.2, 0) is 33.3 Å². The fourth-order valence-corrected chi connectivity index (χ4v) is 13.6. The number of rotatable bonds is 7. The second-order valence-corrected chi connectivity index (χ2v) is 20.8. The van der Waals surface area contributed by atoms with Crippen LogP contribution in [-0.4, -0.2) is 137 Å². The zero-order valence-electron chi connectivity index (χ0n) is 34.5. The van der Waals surface area contributed by atoms with Crippen molar-refractivity contribution in [1.82, 2.24) is 0 Å². The highest BCUT2D eigenvalue weighted by Crippen LogP contribution is 2.76. The summed E-state index contributed by atoms with van der Waals surface area (Å²) < 4.78 is 23.4. The first kappa shape index (κ1) is 43.8. The van der Waals surface area contributed by atoms with Crippen LogP contribution in [0.5, 0.6) is 0 Å². The highest BCUT2D eigenvalue weighted by atomic mass is 16.8. The van der Waals surface area contributed by atoms with Gasteiger partial charge >= 0.3 is 17.9 Å². The summed E-state index contributed by atoms with van der Waals surface area (Å²) in [6.45, 7) is 15.1. The number of carboxylic acid groups (broad SMARTS) is 3. The minimum Gasteiger partial charge on any atom is -0.481 e. The predicted octanol–water partition coefficient (Wildman–Crippen LogP) is 2.04. The monoisotopic (exact) mass is 824 g/mol. The number of ether oxygens (including phenoxy) is 4. The second kappa shape index (κ2) is 14.4. The molecule has 0 amide bonds. The van der Waals surface area contributed by atoms with E-state index in [0.29, 0.717) is 25.7 Å². The molecule has 16 heteroatoms. The molecule has 328 valence electrons. The number of aliphatic hydroxyl groups excluding tert-OH is 6. The molecule has 7 aliphatic rings. The number of hydrogen-bond acceptors (Lipinski definition) is 13. The number of fused-ring (bicyclic) bond motifs is 7. The summed E-state index contributed by atoms with van der Waals surface area (Å²) >= 11 is 0. The molecule has 2 aliphatic heterocycles. The Morgan fingerprint density at radius 1 is 0.672 bits per heavy atom. The highest BCUT2D eigenvalue weighted by molar-refractivity contribution is 5.75. The van der Waals surface area contributed by atoms with Gasteiger partial charge in [-0.05, 0) is 104 Å². The molecular formula is C42H64O16. The van der Waals surface area contributed by atoms with Crippen molar-refractivity contribution in [1.29, 1.82) is 0 Å². The zero-order valence-corrected chi connectivity index (χ0v) is 34.5. The van der Waals surface area contributed by atoms with Crippen molar-refractivity contribution in [2.75, 3.05) is 0 Å². The van der Waals surface area contributed by atoms with E-state index in [1.165, 1.54) is 5.57 Å². The van der Waals surface area contributed by atoms with Crippen molar-refractivity contribution in [2.45, 2.75) is 180 Å². The molecule has 20 atom stereocenters. The van der Waals surface area contributed by atoms with Gasteiger partial charge in [-0.3, -0.25) is 4.79 Å². The van der Waals surface area contributed by atoms with Crippen LogP contribution in [0.4, 0.5) is 0 Å². The SMILES string of the molecule is CC1(C)[C@@H](O[C@H]2O[C@H](C(=O)O)[C@@H](O)[C@H](O)[C@H]2O[C@@H]2O[C@H](C(=O)O)[C@@H](O)[C@H](O)[C@H]2O)CC[C@]2(C)[C@H]3[C@H](O)C=C4[C@@H]5C[C@@](C)(C(=O)O)CC[C@]5(C)CCC4(C)[C@]3(C)CC[C@@H]12. The van der Waals surface area contributed by atoms with Crippen LogP contribution in [0.1, 0.15) is 106 Å². The van der Waals surface area contributed by atoms with Crippen molar-refractivity contribution in [3.05, 3.63) is 11.6 Å². The van der Waals surface area contributed by atoms with Crippen molar-refractivity contribution in [3.63, 3.8) is 0 Å². The van der Waals surface area contributed by atoms with Gasteiger partial charge in [0.1, 0.15) is 36.6 Å². The molecule has 0 aromatic carbocycles. The molecule has 7 rings (SSSR count). The van der Waals surface area contributed by atoms with Crippen molar-refractivity contribution in [3.8, 4) is 0 Å². The minimum atomic E-state index is -2.04. The number of aliphatic hydroxyl groups is 6. The zero-order chi connectivity index (χ0) is 42.9. The van der Waals surface area contributed by atoms with Gasteiger partial charge in [-0.2, -0.15) is 0 Å². The normalized spacial score (nSPS) is 53.8. The maximum atomic E-state index is 12.5. The van der Waals surface area contributed by atoms with Gasteiger partial charge in [-0.25, -0.2) is 9.59 Å². The maximum Gasteiger partial charge on any atom is 0.335 e. The smallest absolute Gasteiger partial charge is 0.335 e. The number of allylic oxidation sites excluding steroid dienone is 1. The molecule has 6 fully saturated rings. The predicted molar refractivity (Wildman–Crippen MR) is 200 cm³/mol. The Morgan fingerprint density at radius 3 is 1.86 bits per heavy atom. The van der Waals surface area contributed by atoms with E-state index in [1.807, 2.05) is 20.8 Å². The summed E-state index contributed by atoms with van der Waals surface area (Å²) in [4.78, 5) is 36.5. The van der Waals surface area contributed by atoms with Crippen LogP contribution in [0, 0.1) is 50.2 Å². The summed E-state index contributed by atoms with van der Waals surface area (Å²) in [5, 5.41) is 95.5. The van der Waals surface area contributed by atoms with Crippen LogP contribution >= 0.6 is 0 Å². The van der Waals surface area contributed by atoms with Crippen LogP contribution in [0.15, 0.2) is 11.6 Å². The lowest BCUT2D eigenvalue weighted by molar-refractivity contribution is -0.372. The van der Waals surface area contributed by atoms with Gasteiger partial charge in [0.15, 0.2) is 24.8 Å². The molecule has 0 radical (unpaired) electrons. The molecule has 4 saturated carbocycles. The van der Waals surface area contributed by atoms with Gasteiger partial charge in [0, 0.05) is 5.92 Å². The van der Waals surface area contributed by atoms with Crippen LogP contribution in [0.2, 0.25) is 0 Å². The van der Waals surface area contributed by atoms with E-state index in [-0.39, 0.29) is 34.0 Å². The summed E-state index contributed by atoms with van der Waals surface area (Å²) in [6, 6.07) is 0. The van der Waals surface area contributed by atoms with Gasteiger partial charge in [-0.15, -0.1) is 0 Å². The Kier molecular flexibility index (Phi) is 10.9. The van der Waals surface area contributed by atoms with Gasteiger partial charge < -0.3 is 64.9 Å². The fourth-order valence-electron chi connectivity index (χ4n) is 13.6. The van der Waals surface area contributed by atoms with Crippen LogP contribution in [0.3, 0.4) is 0 Å². The summed E-state index contributed by atoms with van der Waals surface area (Å²) in [6.07, 6.45) is -12.3. The molecule has 1 unspecified atom stereocenters. The van der Waals surface area contributed by atoms with Crippen LogP contribution in [0.25, 0.3) is 0 Å². The lowest BCUT2D eigenvalue weighted by Gasteiger charge is -2.72. The van der Waals surface area contributed by atoms with Gasteiger partial charge in [0.25, 0.3) is 0 Å². The first-order valence-electron chi connectivity index (χ1n) is 20.9. The van der Waals surface area contributed by atoms with E-state index in [9.17, 15) is 60.3 Å². The first-order valence-corrected chi connectivity index (χ1v) is 20.9. The molecule has 58 heavy (non-hydrogen) atoms. The molecule has 0 spiro atoms. The number of carboxylic acids is 3. The molecular weight excluding hydrogens is 760 g/mol. The van der Waals surface area contributed by atoms with E-state index < -0.39 is 108 Å². The Morgan fingerprint density at radius 2 is 1.26 bits per heavy atom. The van der Waals surface area contributed by atoms with Gasteiger partial charge in [-0.1, -0.05) is 53.2 Å². The quantitative estimate of drug-likeness (QED) is 0.131. The standard InChI is InChI=1S/C42H64O16/c1-37(2)21-8-11-42(7)31(20(43)16-18-19-17-39(4,36(53)54)13-12-38(19,3)14-15-41(18,42)6)40(21,5)10-9-22(37)55-35-30(26(47)25(46)29(57-35)33(51)52)58-34-27(48)23(44)24(45)28(56-34)32(49)50/h16,19-31,34-35,43-48H,8-15,17H2,1-7H3,(H,49,50)(H,51,52)(H,53,54)/t19-,20+,21-,22-,23-,24-,25-,26-,27+,28-,29-,30+,31+,34-,35-,38+,39-,40-,41?,42+/m0/s1. The summed E-state index contributed by atoms with van der Waals surface area (Å²) in [5.41, 5.74) is -1.34. The summed E-state index contributed by atoms with van der Waals surface area (Å²) in [7, 11) is 0. The van der Waals surface area contributed by atoms with E-state index in [2.05, 4.69) is 33.8 Å². The minimum absolute atomic E-state index is 0.0333. The first-order chi connectivity index (χ1) is 26.8. The lowest BCUT2D eigenvalue weighted by atomic mass is 9.33. The maximum absolute atomic E-state index is 12.5. The molecule has 2 saturated heterocycles. The van der Waals surface area contributed by atoms with Crippen molar-refractivity contribution >= 4 is 17.9 Å². The largest absolute Gasteiger partial charge is 0.481 e. The van der Waals surface area contributed by atoms with E-state index in [1.54, 1.807) is 0 Å². The number of aliphatic carboxylic acids is 3. The Hall–Kier alpha value is -2.25. The van der Waals surface area contributed by atoms with E-state index in [4.69, 9.17) is 18.9 Å². The third-order valence-corrected chi connectivity index (χ3v) is 17.4. The Balaban J connectivity index is 1.17. The van der Waals surface area contributed by atoms with Crippen molar-refractivity contribution < 1.29 is 79.3 Å².